The number of carbonyl (C=O) groups excluding carboxylic acids is 4. The Morgan fingerprint density at radius 2 is 1.67 bits per heavy atom. The molecule has 8 nitrogen and oxygen atoms in total. The molecule has 1 aliphatic rings. The van der Waals surface area contributed by atoms with Gasteiger partial charge in [-0.15, -0.1) is 0 Å². The van der Waals surface area contributed by atoms with Gasteiger partial charge in [0, 0.05) is 19.0 Å². The fourth-order valence-corrected chi connectivity index (χ4v) is 2.61. The lowest BCUT2D eigenvalue weighted by atomic mass is 9.96. The Balaban J connectivity index is 2.83. The third-order valence-corrected chi connectivity index (χ3v) is 3.77. The van der Waals surface area contributed by atoms with E-state index in [1.165, 1.54) is 4.90 Å². The second kappa shape index (κ2) is 8.71. The lowest BCUT2D eigenvalue weighted by Crippen LogP contribution is -2.52. The van der Waals surface area contributed by atoms with Crippen LogP contribution in [0.1, 0.15) is 61.3 Å². The molecule has 0 aromatic rings. The molecule has 0 spiro atoms. The van der Waals surface area contributed by atoms with Crippen LogP contribution in [0.5, 0.6) is 0 Å². The Morgan fingerprint density at radius 3 is 2.19 bits per heavy atom. The summed E-state index contributed by atoms with van der Waals surface area (Å²) in [6.45, 7) is 12.6. The van der Waals surface area contributed by atoms with Crippen molar-refractivity contribution >= 4 is 23.8 Å². The summed E-state index contributed by atoms with van der Waals surface area (Å²) >= 11 is 0. The van der Waals surface area contributed by atoms with Gasteiger partial charge in [0.1, 0.15) is 11.2 Å². The largest absolute Gasteiger partial charge is 0.460 e. The highest BCUT2D eigenvalue weighted by atomic mass is 16.6. The van der Waals surface area contributed by atoms with E-state index >= 15 is 0 Å². The van der Waals surface area contributed by atoms with Crippen molar-refractivity contribution < 1.29 is 28.7 Å². The number of hydrogen-bond donors (Lipinski definition) is 1. The number of rotatable bonds is 5. The number of carbonyl (C=O) groups is 4. The van der Waals surface area contributed by atoms with Gasteiger partial charge in [-0.05, 0) is 48.0 Å². The summed E-state index contributed by atoms with van der Waals surface area (Å²) in [5.41, 5.74) is -1.37. The van der Waals surface area contributed by atoms with Crippen molar-refractivity contribution in [3.63, 3.8) is 0 Å². The van der Waals surface area contributed by atoms with Crippen LogP contribution < -0.4 is 5.32 Å². The minimum absolute atomic E-state index is 0.0375. The maximum absolute atomic E-state index is 12.2. The van der Waals surface area contributed by atoms with Crippen LogP contribution in [0, 0.1) is 5.92 Å². The zero-order valence-electron chi connectivity index (χ0n) is 17.4. The number of hydrogen-bond acceptors (Lipinski definition) is 6. The molecule has 0 radical (unpaired) electrons. The summed E-state index contributed by atoms with van der Waals surface area (Å²) in [6, 6.07) is -0.722. The number of nitrogens with one attached hydrogen (secondary N) is 1. The summed E-state index contributed by atoms with van der Waals surface area (Å²) in [5.74, 6) is -1.85. The number of nitrogens with zero attached hydrogens (tertiary/aromatic N) is 1. The third kappa shape index (κ3) is 8.41. The average molecular weight is 384 g/mol. The van der Waals surface area contributed by atoms with Crippen molar-refractivity contribution in [3.05, 3.63) is 0 Å². The molecule has 1 rings (SSSR count). The van der Waals surface area contributed by atoms with Gasteiger partial charge in [0.2, 0.25) is 5.78 Å². The Kier molecular flexibility index (Phi) is 7.40. The van der Waals surface area contributed by atoms with Crippen LogP contribution in [-0.2, 0) is 23.9 Å². The molecule has 1 saturated heterocycles. The zero-order valence-corrected chi connectivity index (χ0v) is 17.4. The monoisotopic (exact) mass is 384 g/mol. The fraction of sp³-hybridized carbons (Fsp3) is 0.789. The molecular weight excluding hydrogens is 352 g/mol. The normalized spacial score (nSPS) is 19.5. The van der Waals surface area contributed by atoms with Crippen LogP contribution in [0.3, 0.4) is 0 Å². The summed E-state index contributed by atoms with van der Waals surface area (Å²) in [5, 5.41) is 2.62. The molecule has 154 valence electrons. The first-order valence-electron chi connectivity index (χ1n) is 9.22. The molecule has 2 atom stereocenters. The molecule has 8 heteroatoms. The van der Waals surface area contributed by atoms with E-state index < -0.39 is 41.0 Å². The first-order valence-corrected chi connectivity index (χ1v) is 9.22. The van der Waals surface area contributed by atoms with Gasteiger partial charge >= 0.3 is 12.1 Å². The van der Waals surface area contributed by atoms with Crippen LogP contribution in [0.4, 0.5) is 4.79 Å². The molecule has 2 amide bonds. The van der Waals surface area contributed by atoms with Crippen molar-refractivity contribution in [2.24, 2.45) is 5.92 Å². The van der Waals surface area contributed by atoms with E-state index in [1.807, 2.05) is 0 Å². The van der Waals surface area contributed by atoms with Crippen molar-refractivity contribution in [3.8, 4) is 0 Å². The van der Waals surface area contributed by atoms with E-state index in [0.717, 1.165) is 0 Å². The van der Waals surface area contributed by atoms with Gasteiger partial charge in [0.25, 0.3) is 5.91 Å². The van der Waals surface area contributed by atoms with Crippen LogP contribution in [0.25, 0.3) is 0 Å². The standard InChI is InChI=1S/C19H32N2O6/c1-12-8-9-21(16(24)15(12)23)11-13(10-14(22)26-18(2,3)4)20-17(25)27-19(5,6)7/h12-13H,8-11H2,1-7H3,(H,20,25)/t12?,13-/m0/s1. The smallest absolute Gasteiger partial charge is 0.407 e. The number of alkyl carbamates (subject to hydrolysis) is 1. The molecule has 0 aromatic heterocycles. The van der Waals surface area contributed by atoms with Gasteiger partial charge in [-0.3, -0.25) is 14.4 Å². The molecule has 0 aromatic carbocycles. The first kappa shape index (κ1) is 22.9. The quantitative estimate of drug-likeness (QED) is 0.575. The third-order valence-electron chi connectivity index (χ3n) is 3.77. The average Bonchev–Trinajstić information content (AvgIpc) is 2.43. The number of Topliss-reactive ketones (excluding diaryl/α,β-unsaturated/α-hetero) is 1. The molecule has 0 bridgehead atoms. The second-order valence-corrected chi connectivity index (χ2v) is 8.94. The Labute approximate surface area is 160 Å². The highest BCUT2D eigenvalue weighted by Gasteiger charge is 2.34. The van der Waals surface area contributed by atoms with Gasteiger partial charge in [0.05, 0.1) is 12.5 Å². The molecule has 27 heavy (non-hydrogen) atoms. The number of piperidine rings is 1. The zero-order chi connectivity index (χ0) is 21.0. The van der Waals surface area contributed by atoms with Gasteiger partial charge < -0.3 is 19.7 Å². The lowest BCUT2D eigenvalue weighted by Gasteiger charge is -2.32. The summed E-state index contributed by atoms with van der Waals surface area (Å²) in [6.07, 6.45) is -0.277. The Bertz CT molecular complexity index is 558. The Morgan fingerprint density at radius 1 is 1.11 bits per heavy atom. The van der Waals surface area contributed by atoms with Crippen LogP contribution >= 0.6 is 0 Å². The SMILES string of the molecule is CC1CCN(C[C@H](CC(=O)OC(C)(C)C)NC(=O)OC(C)(C)C)C(=O)C1=O. The first-order chi connectivity index (χ1) is 12.2. The molecular formula is C19H32N2O6. The molecule has 0 aliphatic carbocycles. The number of ether oxygens (including phenoxy) is 2. The van der Waals surface area contributed by atoms with Crippen LogP contribution in [-0.4, -0.2) is 59.0 Å². The van der Waals surface area contributed by atoms with Crippen molar-refractivity contribution in [2.45, 2.75) is 78.6 Å². The number of likely N-dealkylation sites (tertiary alicyclic amines) is 1. The highest BCUT2D eigenvalue weighted by Crippen LogP contribution is 2.16. The fourth-order valence-electron chi connectivity index (χ4n) is 2.61. The predicted molar refractivity (Wildman–Crippen MR) is 99.0 cm³/mol. The minimum Gasteiger partial charge on any atom is -0.460 e. The second-order valence-electron chi connectivity index (χ2n) is 8.94. The maximum Gasteiger partial charge on any atom is 0.407 e. The highest BCUT2D eigenvalue weighted by molar-refractivity contribution is 6.37. The van der Waals surface area contributed by atoms with Crippen molar-refractivity contribution in [1.29, 1.82) is 0 Å². The number of esters is 1. The van der Waals surface area contributed by atoms with E-state index in [1.54, 1.807) is 48.5 Å². The lowest BCUT2D eigenvalue weighted by molar-refractivity contribution is -0.156. The summed E-state index contributed by atoms with van der Waals surface area (Å²) < 4.78 is 10.5. The molecule has 1 fully saturated rings. The van der Waals surface area contributed by atoms with E-state index in [0.29, 0.717) is 13.0 Å². The van der Waals surface area contributed by atoms with Gasteiger partial charge in [0.15, 0.2) is 0 Å². The topological polar surface area (TPSA) is 102 Å². The van der Waals surface area contributed by atoms with Crippen molar-refractivity contribution in [2.75, 3.05) is 13.1 Å². The van der Waals surface area contributed by atoms with Crippen LogP contribution in [0.2, 0.25) is 0 Å². The minimum atomic E-state index is -0.722. The van der Waals surface area contributed by atoms with E-state index in [9.17, 15) is 19.2 Å². The molecule has 1 heterocycles. The van der Waals surface area contributed by atoms with Crippen LogP contribution in [0.15, 0.2) is 0 Å². The van der Waals surface area contributed by atoms with Crippen molar-refractivity contribution in [1.82, 2.24) is 10.2 Å². The molecule has 1 aliphatic heterocycles. The van der Waals surface area contributed by atoms with E-state index in [-0.39, 0.29) is 18.9 Å². The van der Waals surface area contributed by atoms with Gasteiger partial charge in [-0.25, -0.2) is 4.79 Å². The van der Waals surface area contributed by atoms with E-state index in [2.05, 4.69) is 5.32 Å². The summed E-state index contributed by atoms with van der Waals surface area (Å²) in [4.78, 5) is 49.8. The number of ketones is 1. The van der Waals surface area contributed by atoms with E-state index in [4.69, 9.17) is 9.47 Å². The van der Waals surface area contributed by atoms with Gasteiger partial charge in [-0.2, -0.15) is 0 Å². The number of amides is 2. The predicted octanol–water partition coefficient (Wildman–Crippen LogP) is 2.05. The summed E-state index contributed by atoms with van der Waals surface area (Å²) in [7, 11) is 0. The maximum atomic E-state index is 12.2. The Hall–Kier alpha value is -2.12. The molecule has 1 N–H and O–H groups in total. The van der Waals surface area contributed by atoms with Gasteiger partial charge in [-0.1, -0.05) is 6.92 Å². The molecule has 1 unspecified atom stereocenters. The molecule has 0 saturated carbocycles.